The van der Waals surface area contributed by atoms with E-state index >= 15 is 0 Å². The van der Waals surface area contributed by atoms with E-state index in [-0.39, 0.29) is 24.8 Å². The minimum Gasteiger partial charge on any atom is -0.456 e. The molecule has 132 valence electrons. The van der Waals surface area contributed by atoms with Crippen molar-refractivity contribution in [2.24, 2.45) is 0 Å². The van der Waals surface area contributed by atoms with Gasteiger partial charge in [-0.15, -0.1) is 17.9 Å². The fourth-order valence-corrected chi connectivity index (χ4v) is 3.06. The Balaban J connectivity index is 1.85. The Morgan fingerprint density at radius 1 is 1.36 bits per heavy atom. The van der Waals surface area contributed by atoms with Gasteiger partial charge in [-0.25, -0.2) is 0 Å². The number of hydrogen-bond donors (Lipinski definition) is 1. The molecule has 2 aromatic heterocycles. The van der Waals surface area contributed by atoms with Crippen molar-refractivity contribution in [3.8, 4) is 0 Å². The molecule has 0 radical (unpaired) electrons. The largest absolute Gasteiger partial charge is 0.456 e. The number of ether oxygens (including phenoxy) is 1. The lowest BCUT2D eigenvalue weighted by atomic mass is 10.1. The van der Waals surface area contributed by atoms with Crippen LogP contribution < -0.4 is 5.32 Å². The molecule has 1 N–H and O–H groups in total. The second kappa shape index (κ2) is 8.43. The summed E-state index contributed by atoms with van der Waals surface area (Å²) in [5.41, 5.74) is 2.27. The van der Waals surface area contributed by atoms with Gasteiger partial charge in [-0.3, -0.25) is 14.4 Å². The quantitative estimate of drug-likeness (QED) is 0.446. The Hall–Kier alpha value is -2.67. The van der Waals surface area contributed by atoms with Gasteiger partial charge in [-0.1, -0.05) is 12.1 Å². The van der Waals surface area contributed by atoms with Crippen LogP contribution in [0.2, 0.25) is 0 Å². The number of aromatic nitrogens is 1. The number of carbonyl (C=O) groups excluding carboxylic acids is 3. The first-order chi connectivity index (χ1) is 11.9. The number of hydrogen-bond acceptors (Lipinski definition) is 5. The highest BCUT2D eigenvalue weighted by molar-refractivity contribution is 7.12. The summed E-state index contributed by atoms with van der Waals surface area (Å²) in [6, 6.07) is 5.18. The van der Waals surface area contributed by atoms with Crippen LogP contribution in [-0.2, 0) is 16.1 Å². The van der Waals surface area contributed by atoms with E-state index < -0.39 is 5.97 Å². The van der Waals surface area contributed by atoms with Crippen LogP contribution in [0.25, 0.3) is 0 Å². The Morgan fingerprint density at radius 3 is 2.76 bits per heavy atom. The first-order valence-electron chi connectivity index (χ1n) is 7.72. The van der Waals surface area contributed by atoms with Crippen molar-refractivity contribution in [3.05, 3.63) is 58.1 Å². The van der Waals surface area contributed by atoms with E-state index in [0.717, 1.165) is 11.4 Å². The van der Waals surface area contributed by atoms with Crippen LogP contribution in [0.15, 0.2) is 36.2 Å². The molecule has 2 aromatic rings. The average Bonchev–Trinajstić information content (AvgIpc) is 3.22. The number of allylic oxidation sites excluding steroid dienone is 1. The van der Waals surface area contributed by atoms with Gasteiger partial charge in [-0.05, 0) is 31.4 Å². The molecular weight excluding hydrogens is 340 g/mol. The van der Waals surface area contributed by atoms with Crippen LogP contribution in [0.1, 0.15) is 31.4 Å². The second-order valence-corrected chi connectivity index (χ2v) is 6.38. The lowest BCUT2D eigenvalue weighted by Crippen LogP contribution is -2.31. The van der Waals surface area contributed by atoms with E-state index in [4.69, 9.17) is 4.74 Å². The number of amides is 1. The monoisotopic (exact) mass is 360 g/mol. The summed E-state index contributed by atoms with van der Waals surface area (Å²) in [5.74, 6) is -1.27. The third kappa shape index (κ3) is 4.67. The lowest BCUT2D eigenvalue weighted by molar-refractivity contribution is -0.141. The van der Waals surface area contributed by atoms with Gasteiger partial charge >= 0.3 is 5.97 Å². The average molecular weight is 360 g/mol. The highest BCUT2D eigenvalue weighted by Crippen LogP contribution is 2.16. The molecule has 0 aliphatic heterocycles. The van der Waals surface area contributed by atoms with Gasteiger partial charge in [0, 0.05) is 23.5 Å². The number of aryl methyl sites for hydroxylation is 1. The molecule has 0 atom stereocenters. The standard InChI is InChI=1S/C18H20N2O4S/c1-4-7-20-12(2)9-14(13(20)3)15(21)11-24-17(22)10-19-18(23)16-6-5-8-25-16/h4-6,8-9H,1,7,10-11H2,2-3H3,(H,19,23). The Labute approximate surface area is 150 Å². The molecule has 0 fully saturated rings. The molecule has 0 spiro atoms. The summed E-state index contributed by atoms with van der Waals surface area (Å²) in [5, 5.41) is 4.23. The number of nitrogens with zero attached hydrogens (tertiary/aromatic N) is 1. The van der Waals surface area contributed by atoms with E-state index in [0.29, 0.717) is 17.0 Å². The summed E-state index contributed by atoms with van der Waals surface area (Å²) in [6.45, 7) is 7.42. The van der Waals surface area contributed by atoms with E-state index in [1.165, 1.54) is 11.3 Å². The molecule has 7 heteroatoms. The Kier molecular flexibility index (Phi) is 6.30. The third-order valence-corrected chi connectivity index (χ3v) is 4.56. The zero-order valence-electron chi connectivity index (χ0n) is 14.2. The highest BCUT2D eigenvalue weighted by atomic mass is 32.1. The molecule has 0 aliphatic carbocycles. The summed E-state index contributed by atoms with van der Waals surface area (Å²) in [4.78, 5) is 36.2. The maximum Gasteiger partial charge on any atom is 0.325 e. The molecule has 0 saturated heterocycles. The normalized spacial score (nSPS) is 10.3. The van der Waals surface area contributed by atoms with Crippen molar-refractivity contribution in [2.45, 2.75) is 20.4 Å². The molecule has 0 aliphatic rings. The number of carbonyl (C=O) groups is 3. The van der Waals surface area contributed by atoms with Crippen molar-refractivity contribution < 1.29 is 19.1 Å². The molecule has 2 heterocycles. The van der Waals surface area contributed by atoms with E-state index in [9.17, 15) is 14.4 Å². The van der Waals surface area contributed by atoms with E-state index in [1.54, 1.807) is 29.7 Å². The number of nitrogens with one attached hydrogen (secondary N) is 1. The van der Waals surface area contributed by atoms with E-state index in [2.05, 4.69) is 11.9 Å². The maximum absolute atomic E-state index is 12.3. The Morgan fingerprint density at radius 2 is 2.12 bits per heavy atom. The smallest absolute Gasteiger partial charge is 0.325 e. The van der Waals surface area contributed by atoms with Crippen LogP contribution in [0, 0.1) is 13.8 Å². The molecule has 0 unspecified atom stereocenters. The predicted molar refractivity (Wildman–Crippen MR) is 96.0 cm³/mol. The van der Waals surface area contributed by atoms with Gasteiger partial charge in [0.15, 0.2) is 6.61 Å². The SMILES string of the molecule is C=CCn1c(C)cc(C(=O)COC(=O)CNC(=O)c2cccs2)c1C. The second-order valence-electron chi connectivity index (χ2n) is 5.43. The lowest BCUT2D eigenvalue weighted by Gasteiger charge is -2.07. The van der Waals surface area contributed by atoms with Crippen molar-refractivity contribution in [1.82, 2.24) is 9.88 Å². The predicted octanol–water partition coefficient (Wildman–Crippen LogP) is 2.51. The van der Waals surface area contributed by atoms with Crippen LogP contribution in [-0.4, -0.2) is 35.4 Å². The number of esters is 1. The van der Waals surface area contributed by atoms with Gasteiger partial charge in [0.05, 0.1) is 4.88 Å². The first-order valence-corrected chi connectivity index (χ1v) is 8.60. The van der Waals surface area contributed by atoms with E-state index in [1.807, 2.05) is 18.4 Å². The van der Waals surface area contributed by atoms with Crippen LogP contribution >= 0.6 is 11.3 Å². The van der Waals surface area contributed by atoms with Gasteiger partial charge in [0.2, 0.25) is 5.78 Å². The van der Waals surface area contributed by atoms with Gasteiger partial charge in [0.1, 0.15) is 6.54 Å². The number of rotatable bonds is 8. The third-order valence-electron chi connectivity index (χ3n) is 3.69. The number of ketones is 1. The topological polar surface area (TPSA) is 77.4 Å². The molecule has 0 saturated carbocycles. The fraction of sp³-hybridized carbons (Fsp3) is 0.278. The van der Waals surface area contributed by atoms with Crippen LogP contribution in [0.5, 0.6) is 0 Å². The van der Waals surface area contributed by atoms with Crippen molar-refractivity contribution in [2.75, 3.05) is 13.2 Å². The molecule has 6 nitrogen and oxygen atoms in total. The highest BCUT2D eigenvalue weighted by Gasteiger charge is 2.17. The molecule has 0 bridgehead atoms. The zero-order valence-corrected chi connectivity index (χ0v) is 15.0. The van der Waals surface area contributed by atoms with Crippen LogP contribution in [0.4, 0.5) is 0 Å². The zero-order chi connectivity index (χ0) is 18.4. The number of thiophene rings is 1. The first kappa shape index (κ1) is 18.7. The fourth-order valence-electron chi connectivity index (χ4n) is 2.42. The Bertz CT molecular complexity index is 790. The van der Waals surface area contributed by atoms with Crippen molar-refractivity contribution in [1.29, 1.82) is 0 Å². The minimum absolute atomic E-state index is 0.277. The molecular formula is C18H20N2O4S. The summed E-state index contributed by atoms with van der Waals surface area (Å²) in [6.07, 6.45) is 1.75. The molecule has 2 rings (SSSR count). The summed E-state index contributed by atoms with van der Waals surface area (Å²) >= 11 is 1.28. The van der Waals surface area contributed by atoms with Gasteiger partial charge in [0.25, 0.3) is 5.91 Å². The molecule has 1 amide bonds. The molecule has 25 heavy (non-hydrogen) atoms. The maximum atomic E-state index is 12.3. The number of Topliss-reactive ketones (excluding diaryl/α,β-unsaturated/α-hetero) is 1. The van der Waals surface area contributed by atoms with Crippen LogP contribution in [0.3, 0.4) is 0 Å². The van der Waals surface area contributed by atoms with Gasteiger partial charge in [-0.2, -0.15) is 0 Å². The van der Waals surface area contributed by atoms with Crippen molar-refractivity contribution >= 4 is 29.0 Å². The van der Waals surface area contributed by atoms with Gasteiger partial charge < -0.3 is 14.6 Å². The summed E-state index contributed by atoms with van der Waals surface area (Å²) < 4.78 is 6.92. The van der Waals surface area contributed by atoms with Crippen molar-refractivity contribution in [3.63, 3.8) is 0 Å². The molecule has 0 aromatic carbocycles. The summed E-state index contributed by atoms with van der Waals surface area (Å²) in [7, 11) is 0. The minimum atomic E-state index is -0.654.